The van der Waals surface area contributed by atoms with Crippen LogP contribution in [0.3, 0.4) is 0 Å². The van der Waals surface area contributed by atoms with E-state index in [0.717, 1.165) is 35.3 Å². The molecule has 0 radical (unpaired) electrons. The fraction of sp³-hybridized carbons (Fsp3) is 0.312. The van der Waals surface area contributed by atoms with Gasteiger partial charge in [-0.2, -0.15) is 0 Å². The van der Waals surface area contributed by atoms with E-state index in [4.69, 9.17) is 5.73 Å². The molecule has 1 heterocycles. The third-order valence-corrected chi connectivity index (χ3v) is 6.61. The molecule has 1 aliphatic rings. The first kappa shape index (κ1) is 19.7. The van der Waals surface area contributed by atoms with Crippen LogP contribution in [0.1, 0.15) is 39.7 Å². The Morgan fingerprint density at radius 3 is 2.84 bits per heavy atom. The molecule has 1 atom stereocenters. The van der Waals surface area contributed by atoms with Crippen molar-refractivity contribution in [2.24, 2.45) is 0 Å². The maximum Gasteiger partial charge on any atom is 0.349 e. The van der Waals surface area contributed by atoms with Gasteiger partial charge in [0.15, 0.2) is 0 Å². The zero-order valence-electron chi connectivity index (χ0n) is 13.5. The number of nitrogens with one attached hydrogen (secondary N) is 1. The number of sulfonamides is 1. The molecular formula is C16H19ClN2O4S2. The van der Waals surface area contributed by atoms with Crippen LogP contribution >= 0.6 is 23.7 Å². The predicted octanol–water partition coefficient (Wildman–Crippen LogP) is 2.89. The Balaban J connectivity index is 0.00000225. The number of rotatable bonds is 4. The van der Waals surface area contributed by atoms with Crippen LogP contribution < -0.4 is 10.5 Å². The fourth-order valence-electron chi connectivity index (χ4n) is 2.96. The first-order valence-electron chi connectivity index (χ1n) is 7.49. The number of halogens is 1. The number of nitrogen functional groups attached to an aromatic ring is 1. The van der Waals surface area contributed by atoms with Crippen LogP contribution in [-0.4, -0.2) is 21.5 Å². The monoisotopic (exact) mass is 402 g/mol. The van der Waals surface area contributed by atoms with Crippen LogP contribution in [0.2, 0.25) is 0 Å². The zero-order valence-corrected chi connectivity index (χ0v) is 16.0. The van der Waals surface area contributed by atoms with Crippen molar-refractivity contribution >= 4 is 45.4 Å². The Labute approximate surface area is 156 Å². The predicted molar refractivity (Wildman–Crippen MR) is 99.8 cm³/mol. The molecule has 1 aliphatic carbocycles. The van der Waals surface area contributed by atoms with Gasteiger partial charge in [0.25, 0.3) is 0 Å². The fourth-order valence-corrected chi connectivity index (χ4v) is 5.54. The topological polar surface area (TPSA) is 98.5 Å². The van der Waals surface area contributed by atoms with E-state index in [1.807, 2.05) is 12.1 Å². The summed E-state index contributed by atoms with van der Waals surface area (Å²) in [6.07, 6.45) is 2.45. The van der Waals surface area contributed by atoms with Crippen LogP contribution in [0.25, 0.3) is 0 Å². The van der Waals surface area contributed by atoms with Gasteiger partial charge >= 0.3 is 5.97 Å². The molecule has 0 saturated heterocycles. The Hall–Kier alpha value is -1.61. The molecule has 0 spiro atoms. The summed E-state index contributed by atoms with van der Waals surface area (Å²) in [7, 11) is -2.60. The van der Waals surface area contributed by atoms with Gasteiger partial charge in [-0.1, -0.05) is 6.07 Å². The molecule has 0 saturated carbocycles. The van der Waals surface area contributed by atoms with Crippen molar-refractivity contribution in [3.8, 4) is 0 Å². The number of hydrogen-bond donors (Lipinski definition) is 2. The largest absolute Gasteiger partial charge is 0.465 e. The van der Waals surface area contributed by atoms with Gasteiger partial charge in [0.05, 0.1) is 7.11 Å². The number of anilines is 1. The number of thiophene rings is 1. The summed E-state index contributed by atoms with van der Waals surface area (Å²) < 4.78 is 32.9. The standard InChI is InChI=1S/C16H18N2O4S2.ClH/c1-22-16(19)15-14(7-8-23-15)24(20,21)18-13-4-2-3-10-9-11(17)5-6-12(10)13;/h5-9,13,18H,2-4,17H2,1H3;1H. The maximum absolute atomic E-state index is 12.7. The van der Waals surface area contributed by atoms with Crippen LogP contribution in [0, 0.1) is 0 Å². The van der Waals surface area contributed by atoms with Crippen LogP contribution in [0.5, 0.6) is 0 Å². The smallest absolute Gasteiger partial charge is 0.349 e. The van der Waals surface area contributed by atoms with Gasteiger partial charge in [-0.3, -0.25) is 0 Å². The summed E-state index contributed by atoms with van der Waals surface area (Å²) in [6.45, 7) is 0. The Kier molecular flexibility index (Phi) is 6.10. The maximum atomic E-state index is 12.7. The molecular weight excluding hydrogens is 384 g/mol. The number of esters is 1. The van der Waals surface area contributed by atoms with Gasteiger partial charge in [-0.05, 0) is 54.0 Å². The Bertz CT molecular complexity index is 880. The van der Waals surface area contributed by atoms with Gasteiger partial charge < -0.3 is 10.5 Å². The second-order valence-corrected chi connectivity index (χ2v) is 8.23. The van der Waals surface area contributed by atoms with Crippen molar-refractivity contribution in [1.29, 1.82) is 0 Å². The van der Waals surface area contributed by atoms with Crippen molar-refractivity contribution in [2.75, 3.05) is 12.8 Å². The highest BCUT2D eigenvalue weighted by Gasteiger charge is 2.29. The zero-order chi connectivity index (χ0) is 17.3. The number of benzene rings is 1. The minimum absolute atomic E-state index is 0. The summed E-state index contributed by atoms with van der Waals surface area (Å²) in [4.78, 5) is 11.8. The number of carbonyl (C=O) groups excluding carboxylic acids is 1. The summed E-state index contributed by atoms with van der Waals surface area (Å²) >= 11 is 1.05. The van der Waals surface area contributed by atoms with Gasteiger partial charge in [-0.25, -0.2) is 17.9 Å². The number of nitrogens with two attached hydrogens (primary N) is 1. The summed E-state index contributed by atoms with van der Waals surface area (Å²) in [5.74, 6) is -0.651. The lowest BCUT2D eigenvalue weighted by molar-refractivity contribution is 0.0602. The molecule has 0 amide bonds. The molecule has 1 aromatic carbocycles. The van der Waals surface area contributed by atoms with Crippen molar-refractivity contribution in [3.05, 3.63) is 45.6 Å². The number of carbonyl (C=O) groups is 1. The molecule has 0 fully saturated rings. The Morgan fingerprint density at radius 1 is 1.36 bits per heavy atom. The second kappa shape index (κ2) is 7.74. The molecule has 0 bridgehead atoms. The summed E-state index contributed by atoms with van der Waals surface area (Å²) in [5.41, 5.74) is 8.48. The molecule has 3 N–H and O–H groups in total. The second-order valence-electron chi connectivity index (χ2n) is 5.63. The van der Waals surface area contributed by atoms with E-state index in [2.05, 4.69) is 9.46 Å². The van der Waals surface area contributed by atoms with Gasteiger partial charge in [-0.15, -0.1) is 23.7 Å². The molecule has 9 heteroatoms. The third kappa shape index (κ3) is 3.98. The van der Waals surface area contributed by atoms with Gasteiger partial charge in [0.2, 0.25) is 10.0 Å². The van der Waals surface area contributed by atoms with Crippen LogP contribution in [0.4, 0.5) is 5.69 Å². The number of ether oxygens (including phenoxy) is 1. The number of hydrogen-bond acceptors (Lipinski definition) is 6. The molecule has 136 valence electrons. The molecule has 0 aliphatic heterocycles. The van der Waals surface area contributed by atoms with E-state index in [9.17, 15) is 13.2 Å². The molecule has 1 unspecified atom stereocenters. The molecule has 1 aromatic heterocycles. The van der Waals surface area contributed by atoms with Crippen molar-refractivity contribution in [3.63, 3.8) is 0 Å². The first-order valence-corrected chi connectivity index (χ1v) is 9.85. The van der Waals surface area contributed by atoms with Crippen molar-refractivity contribution in [2.45, 2.75) is 30.2 Å². The quantitative estimate of drug-likeness (QED) is 0.605. The van der Waals surface area contributed by atoms with E-state index < -0.39 is 16.0 Å². The van der Waals surface area contributed by atoms with Crippen LogP contribution in [0.15, 0.2) is 34.5 Å². The Morgan fingerprint density at radius 2 is 2.12 bits per heavy atom. The minimum atomic E-state index is -3.83. The summed E-state index contributed by atoms with van der Waals surface area (Å²) in [6, 6.07) is 6.62. The van der Waals surface area contributed by atoms with E-state index in [1.165, 1.54) is 13.2 Å². The van der Waals surface area contributed by atoms with E-state index >= 15 is 0 Å². The highest BCUT2D eigenvalue weighted by Crippen LogP contribution is 2.33. The highest BCUT2D eigenvalue weighted by molar-refractivity contribution is 7.89. The van der Waals surface area contributed by atoms with E-state index in [-0.39, 0.29) is 28.2 Å². The normalized spacial score (nSPS) is 16.6. The average molecular weight is 403 g/mol. The lowest BCUT2D eigenvalue weighted by Crippen LogP contribution is -2.31. The van der Waals surface area contributed by atoms with Gasteiger partial charge in [0.1, 0.15) is 9.77 Å². The summed E-state index contributed by atoms with van der Waals surface area (Å²) in [5, 5.41) is 1.57. The first-order chi connectivity index (χ1) is 11.4. The SMILES string of the molecule is COC(=O)c1sccc1S(=O)(=O)NC1CCCc2cc(N)ccc21.Cl. The third-order valence-electron chi connectivity index (χ3n) is 4.07. The van der Waals surface area contributed by atoms with E-state index in [1.54, 1.807) is 11.4 Å². The van der Waals surface area contributed by atoms with E-state index in [0.29, 0.717) is 12.1 Å². The lowest BCUT2D eigenvalue weighted by atomic mass is 9.88. The van der Waals surface area contributed by atoms with Gasteiger partial charge in [0, 0.05) is 11.7 Å². The highest BCUT2D eigenvalue weighted by atomic mass is 35.5. The van der Waals surface area contributed by atoms with Crippen LogP contribution in [-0.2, 0) is 21.2 Å². The van der Waals surface area contributed by atoms with Crippen molar-refractivity contribution < 1.29 is 17.9 Å². The average Bonchev–Trinajstić information content (AvgIpc) is 3.04. The molecule has 6 nitrogen and oxygen atoms in total. The molecule has 3 rings (SSSR count). The number of fused-ring (bicyclic) bond motifs is 1. The molecule has 2 aromatic rings. The van der Waals surface area contributed by atoms with Crippen molar-refractivity contribution in [1.82, 2.24) is 4.72 Å². The minimum Gasteiger partial charge on any atom is -0.465 e. The number of methoxy groups -OCH3 is 1. The molecule has 25 heavy (non-hydrogen) atoms. The lowest BCUT2D eigenvalue weighted by Gasteiger charge is -2.26. The number of aryl methyl sites for hydroxylation is 1.